The van der Waals surface area contributed by atoms with Gasteiger partial charge >= 0.3 is 5.97 Å². The number of likely N-dealkylation sites (tertiary alicyclic amines) is 1. The molecular formula is C31H40N2O4. The van der Waals surface area contributed by atoms with Crippen LogP contribution >= 0.6 is 0 Å². The van der Waals surface area contributed by atoms with Crippen molar-refractivity contribution in [2.24, 2.45) is 11.8 Å². The number of fused-ring (bicyclic) bond motifs is 1. The standard InChI is InChI=1S/C31H40N2O4/c1-36-27-11-5-8-23(19-27)7-3-4-17-33-18-15-24(26(22-33)20-31(34)35)9-6-10-25-14-16-32-30-13-12-28(37-2)21-29(25)30/h5,8,11-14,16,19,21,24,26H,3-4,6-7,9-10,15,17-18,20,22H2,1-2H3,(H,34,35)/t24-,26+/m1/s1. The van der Waals surface area contributed by atoms with Crippen molar-refractivity contribution in [3.63, 3.8) is 0 Å². The summed E-state index contributed by atoms with van der Waals surface area (Å²) in [6, 6.07) is 16.4. The Morgan fingerprint density at radius 2 is 1.84 bits per heavy atom. The van der Waals surface area contributed by atoms with Gasteiger partial charge in [-0.05, 0) is 117 Å². The molecule has 0 amide bonds. The largest absolute Gasteiger partial charge is 0.497 e. The zero-order valence-corrected chi connectivity index (χ0v) is 22.2. The number of benzene rings is 2. The van der Waals surface area contributed by atoms with Gasteiger partial charge in [-0.3, -0.25) is 9.78 Å². The molecule has 1 saturated heterocycles. The molecule has 1 aliphatic rings. The lowest BCUT2D eigenvalue weighted by molar-refractivity contribution is -0.139. The zero-order valence-electron chi connectivity index (χ0n) is 22.2. The summed E-state index contributed by atoms with van der Waals surface area (Å²) in [6.45, 7) is 3.00. The van der Waals surface area contributed by atoms with Gasteiger partial charge in [-0.1, -0.05) is 12.1 Å². The quantitative estimate of drug-likeness (QED) is 0.288. The molecule has 0 radical (unpaired) electrons. The van der Waals surface area contributed by atoms with Crippen LogP contribution in [0, 0.1) is 11.8 Å². The van der Waals surface area contributed by atoms with Crippen molar-refractivity contribution in [1.82, 2.24) is 9.88 Å². The first-order chi connectivity index (χ1) is 18.1. The number of hydrogen-bond donors (Lipinski definition) is 1. The summed E-state index contributed by atoms with van der Waals surface area (Å²) >= 11 is 0. The van der Waals surface area contributed by atoms with E-state index in [0.717, 1.165) is 87.0 Å². The first kappa shape index (κ1) is 26.9. The number of methoxy groups -OCH3 is 2. The van der Waals surface area contributed by atoms with Crippen molar-refractivity contribution in [3.05, 3.63) is 65.9 Å². The molecule has 1 N–H and O–H groups in total. The van der Waals surface area contributed by atoms with Gasteiger partial charge in [-0.15, -0.1) is 0 Å². The Kier molecular flexibility index (Phi) is 9.78. The summed E-state index contributed by atoms with van der Waals surface area (Å²) in [7, 11) is 3.39. The fourth-order valence-corrected chi connectivity index (χ4v) is 5.77. The highest BCUT2D eigenvalue weighted by Crippen LogP contribution is 2.32. The predicted molar refractivity (Wildman–Crippen MR) is 147 cm³/mol. The molecule has 0 unspecified atom stereocenters. The summed E-state index contributed by atoms with van der Waals surface area (Å²) in [6.07, 6.45) is 9.61. The molecule has 198 valence electrons. The zero-order chi connectivity index (χ0) is 26.0. The smallest absolute Gasteiger partial charge is 0.303 e. The van der Waals surface area contributed by atoms with Crippen molar-refractivity contribution in [1.29, 1.82) is 0 Å². The minimum Gasteiger partial charge on any atom is -0.497 e. The Labute approximate surface area is 220 Å². The van der Waals surface area contributed by atoms with Crippen LogP contribution in [0.3, 0.4) is 0 Å². The van der Waals surface area contributed by atoms with E-state index in [-0.39, 0.29) is 12.3 Å². The Hall–Kier alpha value is -3.12. The van der Waals surface area contributed by atoms with E-state index < -0.39 is 5.97 Å². The lowest BCUT2D eigenvalue weighted by Gasteiger charge is -2.38. The Bertz CT molecular complexity index is 1160. The number of aryl methyl sites for hydroxylation is 2. The van der Waals surface area contributed by atoms with E-state index in [2.05, 4.69) is 34.1 Å². The maximum absolute atomic E-state index is 11.6. The van der Waals surface area contributed by atoms with Crippen LogP contribution in [0.1, 0.15) is 49.7 Å². The maximum atomic E-state index is 11.6. The van der Waals surface area contributed by atoms with Gasteiger partial charge < -0.3 is 19.5 Å². The molecular weight excluding hydrogens is 464 g/mol. The lowest BCUT2D eigenvalue weighted by Crippen LogP contribution is -2.41. The number of hydrogen-bond acceptors (Lipinski definition) is 5. The van der Waals surface area contributed by atoms with Crippen LogP contribution in [-0.4, -0.2) is 54.8 Å². The normalized spacial score (nSPS) is 18.1. The second-order valence-electron chi connectivity index (χ2n) is 10.3. The third-order valence-electron chi connectivity index (χ3n) is 7.80. The second-order valence-corrected chi connectivity index (χ2v) is 10.3. The first-order valence-corrected chi connectivity index (χ1v) is 13.5. The van der Waals surface area contributed by atoms with Crippen LogP contribution < -0.4 is 9.47 Å². The second kappa shape index (κ2) is 13.4. The van der Waals surface area contributed by atoms with Crippen molar-refractivity contribution in [3.8, 4) is 11.5 Å². The summed E-state index contributed by atoms with van der Waals surface area (Å²) < 4.78 is 10.7. The fourth-order valence-electron chi connectivity index (χ4n) is 5.77. The van der Waals surface area contributed by atoms with Crippen LogP contribution in [0.2, 0.25) is 0 Å². The van der Waals surface area contributed by atoms with Crippen molar-refractivity contribution in [2.45, 2.75) is 51.4 Å². The van der Waals surface area contributed by atoms with Gasteiger partial charge in [-0.2, -0.15) is 0 Å². The molecule has 0 saturated carbocycles. The summed E-state index contributed by atoms with van der Waals surface area (Å²) in [5, 5.41) is 10.7. The minimum atomic E-state index is -0.679. The molecule has 2 heterocycles. The third-order valence-corrected chi connectivity index (χ3v) is 7.80. The Morgan fingerprint density at radius 3 is 2.65 bits per heavy atom. The number of piperidine rings is 1. The number of carbonyl (C=O) groups is 1. The summed E-state index contributed by atoms with van der Waals surface area (Å²) in [4.78, 5) is 18.6. The third kappa shape index (κ3) is 7.68. The van der Waals surface area contributed by atoms with Gasteiger partial charge in [0, 0.05) is 24.5 Å². The van der Waals surface area contributed by atoms with Crippen LogP contribution in [0.4, 0.5) is 0 Å². The molecule has 0 aliphatic carbocycles. The molecule has 2 atom stereocenters. The molecule has 2 aromatic carbocycles. The Balaban J connectivity index is 1.26. The fraction of sp³-hybridized carbons (Fsp3) is 0.484. The molecule has 6 nitrogen and oxygen atoms in total. The number of ether oxygens (including phenoxy) is 2. The van der Waals surface area contributed by atoms with Gasteiger partial charge in [0.1, 0.15) is 11.5 Å². The molecule has 37 heavy (non-hydrogen) atoms. The molecule has 0 spiro atoms. The average Bonchev–Trinajstić information content (AvgIpc) is 2.91. The molecule has 1 aromatic heterocycles. The van der Waals surface area contributed by atoms with E-state index >= 15 is 0 Å². The van der Waals surface area contributed by atoms with Crippen LogP contribution in [0.25, 0.3) is 10.9 Å². The minimum absolute atomic E-state index is 0.221. The van der Waals surface area contributed by atoms with Gasteiger partial charge in [0.25, 0.3) is 0 Å². The topological polar surface area (TPSA) is 71.9 Å². The number of aliphatic carboxylic acids is 1. The number of carboxylic acids is 1. The number of pyridine rings is 1. The highest BCUT2D eigenvalue weighted by molar-refractivity contribution is 5.83. The van der Waals surface area contributed by atoms with E-state index in [9.17, 15) is 9.90 Å². The van der Waals surface area contributed by atoms with Crippen molar-refractivity contribution >= 4 is 16.9 Å². The molecule has 6 heteroatoms. The molecule has 4 rings (SSSR count). The maximum Gasteiger partial charge on any atom is 0.303 e. The van der Waals surface area contributed by atoms with Gasteiger partial charge in [0.05, 0.1) is 19.7 Å². The van der Waals surface area contributed by atoms with E-state index in [1.165, 1.54) is 11.1 Å². The van der Waals surface area contributed by atoms with Crippen LogP contribution in [-0.2, 0) is 17.6 Å². The SMILES string of the molecule is COc1cccc(CCCCN2CC[C@@H](CCCc3ccnc4ccc(OC)cc34)[C@@H](CC(=O)O)C2)c1. The highest BCUT2D eigenvalue weighted by atomic mass is 16.5. The summed E-state index contributed by atoms with van der Waals surface area (Å²) in [5.41, 5.74) is 3.58. The van der Waals surface area contributed by atoms with Gasteiger partial charge in [0.15, 0.2) is 0 Å². The number of nitrogens with zero attached hydrogens (tertiary/aromatic N) is 2. The number of carboxylic acid groups (broad SMARTS) is 1. The highest BCUT2D eigenvalue weighted by Gasteiger charge is 2.30. The van der Waals surface area contributed by atoms with E-state index in [4.69, 9.17) is 9.47 Å². The number of unbranched alkanes of at least 4 members (excludes halogenated alkanes) is 1. The number of aromatic nitrogens is 1. The molecule has 0 bridgehead atoms. The Morgan fingerprint density at radius 1 is 1.00 bits per heavy atom. The summed E-state index contributed by atoms with van der Waals surface area (Å²) in [5.74, 6) is 1.76. The monoisotopic (exact) mass is 504 g/mol. The van der Waals surface area contributed by atoms with Crippen molar-refractivity contribution < 1.29 is 19.4 Å². The molecule has 1 aliphatic heterocycles. The van der Waals surface area contributed by atoms with Crippen LogP contribution in [0.5, 0.6) is 11.5 Å². The predicted octanol–water partition coefficient (Wildman–Crippen LogP) is 6.01. The lowest BCUT2D eigenvalue weighted by atomic mass is 9.79. The van der Waals surface area contributed by atoms with Crippen LogP contribution in [0.15, 0.2) is 54.7 Å². The van der Waals surface area contributed by atoms with E-state index in [1.807, 2.05) is 30.5 Å². The van der Waals surface area contributed by atoms with E-state index in [0.29, 0.717) is 5.92 Å². The molecule has 1 fully saturated rings. The van der Waals surface area contributed by atoms with E-state index in [1.54, 1.807) is 14.2 Å². The van der Waals surface area contributed by atoms with Gasteiger partial charge in [-0.25, -0.2) is 0 Å². The van der Waals surface area contributed by atoms with Crippen molar-refractivity contribution in [2.75, 3.05) is 33.9 Å². The average molecular weight is 505 g/mol. The molecule has 3 aromatic rings. The first-order valence-electron chi connectivity index (χ1n) is 13.5. The van der Waals surface area contributed by atoms with Gasteiger partial charge in [0.2, 0.25) is 0 Å². The number of rotatable bonds is 13.